The maximum Gasteiger partial charge on any atom is 0.195 e. The lowest BCUT2D eigenvalue weighted by Gasteiger charge is -2.10. The summed E-state index contributed by atoms with van der Waals surface area (Å²) in [6.45, 7) is 12.1. The Balaban J connectivity index is 1.16. The number of furan rings is 2. The van der Waals surface area contributed by atoms with Gasteiger partial charge >= 0.3 is 0 Å². The van der Waals surface area contributed by atoms with Crippen molar-refractivity contribution in [2.24, 2.45) is 0 Å². The molecule has 48 heavy (non-hydrogen) atoms. The van der Waals surface area contributed by atoms with Crippen molar-refractivity contribution in [3.63, 3.8) is 0 Å². The lowest BCUT2D eigenvalue weighted by molar-refractivity contribution is 0.667. The Labute approximate surface area is 277 Å². The number of allylic oxidation sites excluding steroid dienone is 4. The second-order valence-electron chi connectivity index (χ2n) is 11.5. The number of nitrogens with zero attached hydrogens (tertiary/aromatic N) is 2. The molecule has 0 unspecified atom stereocenters. The van der Waals surface area contributed by atoms with Gasteiger partial charge in [-0.25, -0.2) is 4.85 Å². The summed E-state index contributed by atoms with van der Waals surface area (Å²) in [5.74, 6) is 0. The van der Waals surface area contributed by atoms with E-state index in [4.69, 9.17) is 15.4 Å². The molecule has 4 nitrogen and oxygen atoms in total. The number of para-hydroxylation sites is 4. The first-order valence-electron chi connectivity index (χ1n) is 15.5. The van der Waals surface area contributed by atoms with Crippen molar-refractivity contribution >= 4 is 61.2 Å². The molecule has 0 aliphatic heterocycles. The highest BCUT2D eigenvalue weighted by Gasteiger charge is 2.15. The second kappa shape index (κ2) is 11.8. The molecule has 224 valence electrons. The van der Waals surface area contributed by atoms with Gasteiger partial charge in [0.2, 0.25) is 0 Å². The van der Waals surface area contributed by atoms with Crippen molar-refractivity contribution in [1.82, 2.24) is 0 Å². The van der Waals surface area contributed by atoms with Crippen LogP contribution in [0.15, 0.2) is 155 Å². The molecule has 0 saturated heterocycles. The van der Waals surface area contributed by atoms with Crippen LogP contribution in [0.3, 0.4) is 0 Å². The van der Waals surface area contributed by atoms with Gasteiger partial charge < -0.3 is 8.83 Å². The average Bonchev–Trinajstić information content (AvgIpc) is 3.72. The Bertz CT molecular complexity index is 2720. The number of hydrogen-bond donors (Lipinski definition) is 0. The summed E-state index contributed by atoms with van der Waals surface area (Å²) < 4.78 is 12.5. The van der Waals surface area contributed by atoms with Gasteiger partial charge in [-0.05, 0) is 58.2 Å². The zero-order valence-electron chi connectivity index (χ0n) is 25.8. The van der Waals surface area contributed by atoms with Crippen LogP contribution in [0.1, 0.15) is 16.7 Å². The monoisotopic (exact) mass is 614 g/mol. The molecule has 0 spiro atoms. The minimum absolute atomic E-state index is 0.465. The first-order valence-corrected chi connectivity index (χ1v) is 15.5. The SMILES string of the molecule is [C-]#[N+]c1cc(/C=C/C=C(\C=C)c2cccc3c2oc2ccccc23)c(C#N)cc1-c1cccc(-c2cccc3c2oc2ccccc23)c1. The third-order valence-electron chi connectivity index (χ3n) is 8.78. The lowest BCUT2D eigenvalue weighted by atomic mass is 9.94. The predicted molar refractivity (Wildman–Crippen MR) is 196 cm³/mol. The van der Waals surface area contributed by atoms with Crippen LogP contribution in [0.4, 0.5) is 5.69 Å². The van der Waals surface area contributed by atoms with Crippen LogP contribution in [0, 0.1) is 17.9 Å². The highest BCUT2D eigenvalue weighted by molar-refractivity contribution is 6.10. The molecular formula is C44H26N2O2. The van der Waals surface area contributed by atoms with Gasteiger partial charge in [-0.3, -0.25) is 0 Å². The van der Waals surface area contributed by atoms with Crippen LogP contribution < -0.4 is 0 Å². The highest BCUT2D eigenvalue weighted by atomic mass is 16.3. The van der Waals surface area contributed by atoms with E-state index in [0.29, 0.717) is 22.4 Å². The van der Waals surface area contributed by atoms with Gasteiger partial charge in [0.15, 0.2) is 5.69 Å². The maximum absolute atomic E-state index is 10.2. The fourth-order valence-electron chi connectivity index (χ4n) is 6.49. The Morgan fingerprint density at radius 1 is 0.688 bits per heavy atom. The van der Waals surface area contributed by atoms with E-state index in [1.807, 2.05) is 97.1 Å². The summed E-state index contributed by atoms with van der Waals surface area (Å²) in [6.07, 6.45) is 7.49. The van der Waals surface area contributed by atoms with E-state index in [2.05, 4.69) is 47.8 Å². The molecule has 8 rings (SSSR count). The molecule has 0 aliphatic rings. The molecular weight excluding hydrogens is 588 g/mol. The Morgan fingerprint density at radius 2 is 1.31 bits per heavy atom. The largest absolute Gasteiger partial charge is 0.455 e. The summed E-state index contributed by atoms with van der Waals surface area (Å²) in [5.41, 5.74) is 10.2. The van der Waals surface area contributed by atoms with E-state index < -0.39 is 0 Å². The maximum atomic E-state index is 10.2. The first-order chi connectivity index (χ1) is 23.7. The van der Waals surface area contributed by atoms with Crippen molar-refractivity contribution in [2.45, 2.75) is 0 Å². The topological polar surface area (TPSA) is 54.4 Å². The third kappa shape index (κ3) is 4.77. The first kappa shape index (κ1) is 28.6. The second-order valence-corrected chi connectivity index (χ2v) is 11.5. The molecule has 0 N–H and O–H groups in total. The molecule has 2 aromatic heterocycles. The van der Waals surface area contributed by atoms with Crippen molar-refractivity contribution in [1.29, 1.82) is 5.26 Å². The Kier molecular flexibility index (Phi) is 7.03. The fourth-order valence-corrected chi connectivity index (χ4v) is 6.49. The summed E-state index contributed by atoms with van der Waals surface area (Å²) in [4.78, 5) is 3.87. The fraction of sp³-hybridized carbons (Fsp3) is 0. The van der Waals surface area contributed by atoms with Gasteiger partial charge in [-0.1, -0.05) is 122 Å². The molecule has 2 heterocycles. The zero-order valence-corrected chi connectivity index (χ0v) is 25.8. The molecule has 0 aliphatic carbocycles. The van der Waals surface area contributed by atoms with E-state index in [0.717, 1.165) is 71.7 Å². The van der Waals surface area contributed by atoms with E-state index >= 15 is 0 Å². The van der Waals surface area contributed by atoms with E-state index in [9.17, 15) is 5.26 Å². The smallest absolute Gasteiger partial charge is 0.195 e. The van der Waals surface area contributed by atoms with Crippen molar-refractivity contribution in [3.05, 3.63) is 174 Å². The van der Waals surface area contributed by atoms with Crippen LogP contribution in [-0.4, -0.2) is 0 Å². The summed E-state index contributed by atoms with van der Waals surface area (Å²) in [6, 6.07) is 42.3. The molecule has 0 atom stereocenters. The molecule has 0 fully saturated rings. The van der Waals surface area contributed by atoms with E-state index in [-0.39, 0.29) is 0 Å². The molecule has 0 amide bonds. The lowest BCUT2D eigenvalue weighted by Crippen LogP contribution is -1.88. The molecule has 4 heteroatoms. The number of nitriles is 1. The highest BCUT2D eigenvalue weighted by Crippen LogP contribution is 2.39. The number of rotatable bonds is 6. The number of hydrogen-bond acceptors (Lipinski definition) is 3. The van der Waals surface area contributed by atoms with Gasteiger partial charge in [0.25, 0.3) is 0 Å². The minimum Gasteiger partial charge on any atom is -0.455 e. The van der Waals surface area contributed by atoms with E-state index in [1.54, 1.807) is 18.2 Å². The third-order valence-corrected chi connectivity index (χ3v) is 8.78. The van der Waals surface area contributed by atoms with Gasteiger partial charge in [0.05, 0.1) is 18.2 Å². The molecule has 6 aromatic carbocycles. The molecule has 0 radical (unpaired) electrons. The van der Waals surface area contributed by atoms with Crippen molar-refractivity contribution in [2.75, 3.05) is 0 Å². The zero-order chi connectivity index (χ0) is 32.6. The van der Waals surface area contributed by atoms with Crippen LogP contribution >= 0.6 is 0 Å². The summed E-state index contributed by atoms with van der Waals surface area (Å²) in [7, 11) is 0. The molecule has 8 aromatic rings. The standard InChI is InChI=1S/C44H26N2O2/c1-3-28(33-18-10-20-37-35-16-4-6-22-41(35)47-43(33)37)12-8-13-29-26-40(46-2)39(25-32(29)27-45)31-15-9-14-30(24-31)34-19-11-21-38-36-17-5-7-23-42(36)48-44(34)38/h3-26H,1H2/b13-8+,28-12+. The predicted octanol–water partition coefficient (Wildman–Crippen LogP) is 12.5. The van der Waals surface area contributed by atoms with Crippen LogP contribution in [0.2, 0.25) is 0 Å². The van der Waals surface area contributed by atoms with Crippen LogP contribution in [0.25, 0.3) is 82.6 Å². The molecule has 0 saturated carbocycles. The van der Waals surface area contributed by atoms with Gasteiger partial charge in [0, 0.05) is 32.7 Å². The normalized spacial score (nSPS) is 11.8. The van der Waals surface area contributed by atoms with Crippen molar-refractivity contribution < 1.29 is 8.83 Å². The van der Waals surface area contributed by atoms with E-state index in [1.165, 1.54) is 0 Å². The van der Waals surface area contributed by atoms with Gasteiger partial charge in [-0.2, -0.15) is 5.26 Å². The quantitative estimate of drug-likeness (QED) is 0.138. The summed E-state index contributed by atoms with van der Waals surface area (Å²) in [5, 5.41) is 14.4. The van der Waals surface area contributed by atoms with Gasteiger partial charge in [0.1, 0.15) is 22.3 Å². The average molecular weight is 615 g/mol. The van der Waals surface area contributed by atoms with Crippen molar-refractivity contribution in [3.8, 4) is 28.3 Å². The van der Waals surface area contributed by atoms with Gasteiger partial charge in [-0.15, -0.1) is 0 Å². The minimum atomic E-state index is 0.465. The van der Waals surface area contributed by atoms with Crippen LogP contribution in [-0.2, 0) is 0 Å². The van der Waals surface area contributed by atoms with Crippen LogP contribution in [0.5, 0.6) is 0 Å². The summed E-state index contributed by atoms with van der Waals surface area (Å²) >= 11 is 0. The Morgan fingerprint density at radius 3 is 2.02 bits per heavy atom. The molecule has 0 bridgehead atoms. The Hall–Kier alpha value is -6.88. The number of benzene rings is 6. The number of fused-ring (bicyclic) bond motifs is 6.